The summed E-state index contributed by atoms with van der Waals surface area (Å²) in [5, 5.41) is 3.88. The molecule has 3 heterocycles. The van der Waals surface area contributed by atoms with Crippen LogP contribution in [0.15, 0.2) is 24.4 Å². The number of carbonyl (C=O) groups excluding carboxylic acids is 1. The van der Waals surface area contributed by atoms with Gasteiger partial charge in [0, 0.05) is 43.9 Å². The van der Waals surface area contributed by atoms with Crippen LogP contribution in [-0.2, 0) is 4.74 Å². The van der Waals surface area contributed by atoms with Gasteiger partial charge < -0.3 is 19.9 Å². The number of rotatable bonds is 4. The summed E-state index contributed by atoms with van der Waals surface area (Å²) >= 11 is 0. The number of piperidine rings is 1. The van der Waals surface area contributed by atoms with Crippen LogP contribution in [0.1, 0.15) is 29.8 Å². The molecule has 4 rings (SSSR count). The number of amides is 1. The molecule has 1 aromatic rings. The Balaban J connectivity index is 1.31. The first-order chi connectivity index (χ1) is 12.1. The first-order valence-corrected chi connectivity index (χ1v) is 9.39. The monoisotopic (exact) mass is 344 g/mol. The molecule has 6 heteroatoms. The molecule has 0 aromatic carbocycles. The maximum atomic E-state index is 12.5. The molecular formula is C19H28N4O2. The molecule has 6 nitrogen and oxygen atoms in total. The largest absolute Gasteiger partial charge is 0.376 e. The Morgan fingerprint density at radius 2 is 2.08 bits per heavy atom. The van der Waals surface area contributed by atoms with Crippen molar-refractivity contribution in [3.8, 4) is 0 Å². The summed E-state index contributed by atoms with van der Waals surface area (Å²) < 4.78 is 5.90. The van der Waals surface area contributed by atoms with Gasteiger partial charge in [0.05, 0.1) is 12.1 Å². The Kier molecular flexibility index (Phi) is 4.75. The Hall–Kier alpha value is -1.50. The van der Waals surface area contributed by atoms with Crippen LogP contribution in [0.25, 0.3) is 0 Å². The molecule has 25 heavy (non-hydrogen) atoms. The van der Waals surface area contributed by atoms with Crippen molar-refractivity contribution in [3.63, 3.8) is 0 Å². The number of nitrogens with zero attached hydrogens (tertiary/aromatic N) is 3. The normalized spacial score (nSPS) is 32.5. The summed E-state index contributed by atoms with van der Waals surface area (Å²) in [5.74, 6) is 0.707. The third-order valence-corrected chi connectivity index (χ3v) is 6.04. The summed E-state index contributed by atoms with van der Waals surface area (Å²) in [6, 6.07) is 6.98. The second kappa shape index (κ2) is 7.02. The molecule has 0 unspecified atom stereocenters. The number of carbonyl (C=O) groups is 1. The zero-order valence-electron chi connectivity index (χ0n) is 15.1. The van der Waals surface area contributed by atoms with Gasteiger partial charge in [-0.2, -0.15) is 0 Å². The molecule has 3 fully saturated rings. The lowest BCUT2D eigenvalue weighted by Gasteiger charge is -2.52. The van der Waals surface area contributed by atoms with Gasteiger partial charge in [0.2, 0.25) is 0 Å². The average Bonchev–Trinajstić information content (AvgIpc) is 3.03. The fraction of sp³-hybridized carbons (Fsp3) is 0.684. The first-order valence-electron chi connectivity index (χ1n) is 9.39. The zero-order valence-corrected chi connectivity index (χ0v) is 15.1. The summed E-state index contributed by atoms with van der Waals surface area (Å²) in [6.45, 7) is 2.50. The van der Waals surface area contributed by atoms with Crippen molar-refractivity contribution >= 4 is 5.91 Å². The zero-order chi connectivity index (χ0) is 17.4. The van der Waals surface area contributed by atoms with Gasteiger partial charge in [0.15, 0.2) is 0 Å². The van der Waals surface area contributed by atoms with Gasteiger partial charge in [-0.15, -0.1) is 0 Å². The Bertz CT molecular complexity index is 601. The number of fused-ring (bicyclic) bond motifs is 1. The van der Waals surface area contributed by atoms with E-state index in [9.17, 15) is 4.79 Å². The van der Waals surface area contributed by atoms with E-state index in [0.717, 1.165) is 32.5 Å². The number of likely N-dealkylation sites (tertiary alicyclic amines) is 1. The van der Waals surface area contributed by atoms with Crippen LogP contribution in [0.4, 0.5) is 0 Å². The quantitative estimate of drug-likeness (QED) is 0.883. The maximum absolute atomic E-state index is 12.5. The van der Waals surface area contributed by atoms with E-state index < -0.39 is 0 Å². The van der Waals surface area contributed by atoms with E-state index in [2.05, 4.69) is 29.3 Å². The van der Waals surface area contributed by atoms with Gasteiger partial charge in [-0.05, 0) is 45.5 Å². The van der Waals surface area contributed by atoms with Crippen LogP contribution < -0.4 is 5.32 Å². The second-order valence-electron chi connectivity index (χ2n) is 7.72. The summed E-state index contributed by atoms with van der Waals surface area (Å²) in [7, 11) is 4.29. The summed E-state index contributed by atoms with van der Waals surface area (Å²) in [6.07, 6.45) is 5.27. The molecule has 1 aromatic heterocycles. The molecule has 136 valence electrons. The van der Waals surface area contributed by atoms with Gasteiger partial charge in [0.25, 0.3) is 5.91 Å². The first kappa shape index (κ1) is 16.9. The molecular weight excluding hydrogens is 316 g/mol. The van der Waals surface area contributed by atoms with Crippen molar-refractivity contribution in [2.45, 2.75) is 43.5 Å². The van der Waals surface area contributed by atoms with E-state index in [4.69, 9.17) is 4.74 Å². The molecule has 1 N–H and O–H groups in total. The molecule has 1 saturated carbocycles. The topological polar surface area (TPSA) is 57.7 Å². The van der Waals surface area contributed by atoms with Gasteiger partial charge in [-0.25, -0.2) is 0 Å². The lowest BCUT2D eigenvalue weighted by atomic mass is 9.70. The Labute approximate surface area is 149 Å². The maximum Gasteiger partial charge on any atom is 0.272 e. The van der Waals surface area contributed by atoms with Crippen molar-refractivity contribution in [1.29, 1.82) is 0 Å². The SMILES string of the molecule is CN(C)[C@@H]1[C@@H](NC2CCN(C(=O)c3ccccn3)CC2)[C@H]2CCO[C@H]21. The highest BCUT2D eigenvalue weighted by Gasteiger charge is 2.55. The number of aromatic nitrogens is 1. The molecule has 1 amide bonds. The van der Waals surface area contributed by atoms with Crippen LogP contribution in [0.3, 0.4) is 0 Å². The Morgan fingerprint density at radius 3 is 2.76 bits per heavy atom. The summed E-state index contributed by atoms with van der Waals surface area (Å²) in [5.41, 5.74) is 0.548. The van der Waals surface area contributed by atoms with E-state index in [-0.39, 0.29) is 5.91 Å². The minimum Gasteiger partial charge on any atom is -0.376 e. The van der Waals surface area contributed by atoms with Crippen LogP contribution in [0.5, 0.6) is 0 Å². The highest BCUT2D eigenvalue weighted by Crippen LogP contribution is 2.41. The lowest BCUT2D eigenvalue weighted by Crippen LogP contribution is -2.70. The predicted octanol–water partition coefficient (Wildman–Crippen LogP) is 0.993. The van der Waals surface area contributed by atoms with E-state index in [1.54, 1.807) is 12.3 Å². The van der Waals surface area contributed by atoms with Crippen molar-refractivity contribution < 1.29 is 9.53 Å². The van der Waals surface area contributed by atoms with Crippen molar-refractivity contribution in [1.82, 2.24) is 20.1 Å². The minimum absolute atomic E-state index is 0.0538. The molecule has 1 aliphatic carbocycles. The average molecular weight is 344 g/mol. The van der Waals surface area contributed by atoms with Crippen molar-refractivity contribution in [2.75, 3.05) is 33.8 Å². The fourth-order valence-corrected chi connectivity index (χ4v) is 4.69. The highest BCUT2D eigenvalue weighted by molar-refractivity contribution is 5.92. The molecule has 0 radical (unpaired) electrons. The van der Waals surface area contributed by atoms with Crippen LogP contribution in [0.2, 0.25) is 0 Å². The highest BCUT2D eigenvalue weighted by atomic mass is 16.5. The predicted molar refractivity (Wildman–Crippen MR) is 95.4 cm³/mol. The van der Waals surface area contributed by atoms with E-state index in [1.807, 2.05) is 17.0 Å². The van der Waals surface area contributed by atoms with Crippen LogP contribution in [0, 0.1) is 5.92 Å². The molecule has 3 aliphatic rings. The third-order valence-electron chi connectivity index (χ3n) is 6.04. The van der Waals surface area contributed by atoms with Crippen LogP contribution in [-0.4, -0.2) is 78.7 Å². The molecule has 0 spiro atoms. The number of hydrogen-bond acceptors (Lipinski definition) is 5. The van der Waals surface area contributed by atoms with E-state index in [1.165, 1.54) is 6.42 Å². The lowest BCUT2D eigenvalue weighted by molar-refractivity contribution is -0.0736. The molecule has 2 saturated heterocycles. The van der Waals surface area contributed by atoms with Crippen molar-refractivity contribution in [3.05, 3.63) is 30.1 Å². The Morgan fingerprint density at radius 1 is 1.28 bits per heavy atom. The van der Waals surface area contributed by atoms with Gasteiger partial charge in [0.1, 0.15) is 5.69 Å². The fourth-order valence-electron chi connectivity index (χ4n) is 4.69. The van der Waals surface area contributed by atoms with E-state index >= 15 is 0 Å². The smallest absolute Gasteiger partial charge is 0.272 e. The standard InChI is InChI=1S/C19H28N4O2/c1-22(2)17-16(14-8-12-25-18(14)17)21-13-6-10-23(11-7-13)19(24)15-5-3-4-9-20-15/h3-5,9,13-14,16-18,21H,6-8,10-12H2,1-2H3/t14-,16+,17-,18-/m1/s1. The van der Waals surface area contributed by atoms with E-state index in [0.29, 0.717) is 35.8 Å². The number of likely N-dealkylation sites (N-methyl/N-ethyl adjacent to an activating group) is 1. The third kappa shape index (κ3) is 3.18. The number of hydrogen-bond donors (Lipinski definition) is 1. The summed E-state index contributed by atoms with van der Waals surface area (Å²) in [4.78, 5) is 20.9. The number of nitrogens with one attached hydrogen (secondary N) is 1. The number of ether oxygens (including phenoxy) is 1. The van der Waals surface area contributed by atoms with Crippen LogP contribution >= 0.6 is 0 Å². The number of pyridine rings is 1. The van der Waals surface area contributed by atoms with Gasteiger partial charge in [-0.1, -0.05) is 6.07 Å². The molecule has 2 aliphatic heterocycles. The van der Waals surface area contributed by atoms with Crippen molar-refractivity contribution in [2.24, 2.45) is 5.92 Å². The van der Waals surface area contributed by atoms with Gasteiger partial charge >= 0.3 is 0 Å². The molecule has 0 bridgehead atoms. The second-order valence-corrected chi connectivity index (χ2v) is 7.72. The minimum atomic E-state index is 0.0538. The molecule has 4 atom stereocenters. The van der Waals surface area contributed by atoms with Gasteiger partial charge in [-0.3, -0.25) is 9.78 Å².